The first-order valence-corrected chi connectivity index (χ1v) is 7.06. The third-order valence-corrected chi connectivity index (χ3v) is 3.65. The van der Waals surface area contributed by atoms with Crippen LogP contribution in [0.5, 0.6) is 0 Å². The fraction of sp³-hybridized carbons (Fsp3) is 0.500. The van der Waals surface area contributed by atoms with E-state index in [2.05, 4.69) is 10.2 Å². The number of aryl methyl sites for hydroxylation is 3. The zero-order valence-electron chi connectivity index (χ0n) is 13.3. The van der Waals surface area contributed by atoms with Gasteiger partial charge in [0, 0.05) is 31.0 Å². The van der Waals surface area contributed by atoms with Gasteiger partial charge in [0.15, 0.2) is 6.04 Å². The van der Waals surface area contributed by atoms with E-state index in [-0.39, 0.29) is 17.0 Å². The molecular weight excluding hydrogens is 311 g/mol. The van der Waals surface area contributed by atoms with Gasteiger partial charge in [0.2, 0.25) is 0 Å². The lowest BCUT2D eigenvalue weighted by Gasteiger charge is -2.22. The molecule has 0 aromatic carbocycles. The Morgan fingerprint density at radius 2 is 2.00 bits per heavy atom. The second-order valence-corrected chi connectivity index (χ2v) is 5.21. The van der Waals surface area contributed by atoms with Crippen molar-refractivity contribution in [3.05, 3.63) is 34.9 Å². The number of nitrogens with one attached hydrogen (secondary N) is 1. The Labute approximate surface area is 131 Å². The first-order chi connectivity index (χ1) is 10.6. The number of hydrogen-bond donors (Lipinski definition) is 1. The number of amides is 1. The summed E-state index contributed by atoms with van der Waals surface area (Å²) in [4.78, 5) is 12.1. The van der Waals surface area contributed by atoms with E-state index in [4.69, 9.17) is 0 Å². The lowest BCUT2D eigenvalue weighted by molar-refractivity contribution is -0.155. The molecule has 0 spiro atoms. The number of alkyl halides is 3. The van der Waals surface area contributed by atoms with Crippen LogP contribution in [0.25, 0.3) is 0 Å². The Morgan fingerprint density at radius 3 is 2.43 bits per heavy atom. The lowest BCUT2D eigenvalue weighted by atomic mass is 10.0. The molecule has 2 heterocycles. The van der Waals surface area contributed by atoms with Crippen LogP contribution in [0.3, 0.4) is 0 Å². The van der Waals surface area contributed by atoms with Crippen LogP contribution in [0.15, 0.2) is 12.3 Å². The van der Waals surface area contributed by atoms with Gasteiger partial charge in [-0.2, -0.15) is 23.4 Å². The molecule has 2 aromatic rings. The Balaban J connectivity index is 2.35. The number of halogens is 3. The maximum Gasteiger partial charge on any atom is 0.413 e. The number of rotatable bonds is 4. The van der Waals surface area contributed by atoms with Gasteiger partial charge in [0.25, 0.3) is 5.91 Å². The molecule has 0 saturated heterocycles. The van der Waals surface area contributed by atoms with E-state index in [1.165, 1.54) is 35.5 Å². The summed E-state index contributed by atoms with van der Waals surface area (Å²) in [5.74, 6) is -0.873. The number of nitrogens with zero attached hydrogens (tertiary/aromatic N) is 4. The van der Waals surface area contributed by atoms with E-state index in [0.29, 0.717) is 12.2 Å². The number of carbonyl (C=O) groups is 1. The zero-order valence-corrected chi connectivity index (χ0v) is 13.3. The molecular formula is C14H18F3N5O. The third kappa shape index (κ3) is 3.38. The normalized spacial score (nSPS) is 13.2. The summed E-state index contributed by atoms with van der Waals surface area (Å²) in [5, 5.41) is 9.94. The Bertz CT molecular complexity index is 717. The van der Waals surface area contributed by atoms with Gasteiger partial charge in [-0.15, -0.1) is 0 Å². The molecule has 0 saturated carbocycles. The van der Waals surface area contributed by atoms with Crippen molar-refractivity contribution in [3.8, 4) is 0 Å². The van der Waals surface area contributed by atoms with Crippen molar-refractivity contribution < 1.29 is 18.0 Å². The molecule has 1 atom stereocenters. The van der Waals surface area contributed by atoms with Crippen molar-refractivity contribution in [2.75, 3.05) is 0 Å². The van der Waals surface area contributed by atoms with Crippen LogP contribution in [0.1, 0.15) is 40.4 Å². The molecule has 0 radical (unpaired) electrons. The lowest BCUT2D eigenvalue weighted by Crippen LogP contribution is -2.39. The summed E-state index contributed by atoms with van der Waals surface area (Å²) in [6, 6.07) is -0.745. The van der Waals surface area contributed by atoms with Crippen LogP contribution in [0.2, 0.25) is 0 Å². The second kappa shape index (κ2) is 6.05. The summed E-state index contributed by atoms with van der Waals surface area (Å²) >= 11 is 0. The van der Waals surface area contributed by atoms with Gasteiger partial charge in [-0.3, -0.25) is 14.2 Å². The standard InChI is InChI=1S/C14H18F3N5O/c1-5-22-7-6-10(20-22)13(23)18-12(14(15,16)17)11-8(2)19-21(4)9(11)3/h6-7,12H,5H2,1-4H3,(H,18,23). The molecule has 2 rings (SSSR count). The molecule has 6 nitrogen and oxygen atoms in total. The van der Waals surface area contributed by atoms with E-state index in [1.54, 1.807) is 7.05 Å². The number of carbonyl (C=O) groups excluding carboxylic acids is 1. The predicted molar refractivity (Wildman–Crippen MR) is 76.8 cm³/mol. The minimum absolute atomic E-state index is 0.0386. The third-order valence-electron chi connectivity index (χ3n) is 3.65. The van der Waals surface area contributed by atoms with Crippen molar-refractivity contribution in [1.29, 1.82) is 0 Å². The van der Waals surface area contributed by atoms with Gasteiger partial charge < -0.3 is 5.32 Å². The van der Waals surface area contributed by atoms with Crippen molar-refractivity contribution in [1.82, 2.24) is 24.9 Å². The Hall–Kier alpha value is -2.32. The average Bonchev–Trinajstić information content (AvgIpc) is 3.02. The summed E-state index contributed by atoms with van der Waals surface area (Å²) in [5.41, 5.74) is 0.486. The van der Waals surface area contributed by atoms with Crippen molar-refractivity contribution >= 4 is 5.91 Å². The van der Waals surface area contributed by atoms with Gasteiger partial charge in [0.1, 0.15) is 5.69 Å². The van der Waals surface area contributed by atoms with Crippen LogP contribution in [0.4, 0.5) is 13.2 Å². The topological polar surface area (TPSA) is 64.7 Å². The maximum absolute atomic E-state index is 13.4. The highest BCUT2D eigenvalue weighted by Gasteiger charge is 2.44. The zero-order chi connectivity index (χ0) is 17.4. The van der Waals surface area contributed by atoms with Crippen LogP contribution in [0, 0.1) is 13.8 Å². The number of aromatic nitrogens is 4. The molecule has 1 amide bonds. The van der Waals surface area contributed by atoms with Gasteiger partial charge >= 0.3 is 6.18 Å². The molecule has 0 aliphatic heterocycles. The molecule has 0 fully saturated rings. The largest absolute Gasteiger partial charge is 0.413 e. The monoisotopic (exact) mass is 329 g/mol. The van der Waals surface area contributed by atoms with E-state index < -0.39 is 18.1 Å². The van der Waals surface area contributed by atoms with E-state index in [1.807, 2.05) is 12.2 Å². The fourth-order valence-electron chi connectivity index (χ4n) is 2.39. The molecule has 0 aliphatic rings. The first kappa shape index (κ1) is 17.0. The smallest absolute Gasteiger partial charge is 0.335 e. The van der Waals surface area contributed by atoms with Gasteiger partial charge in [-0.05, 0) is 26.8 Å². The van der Waals surface area contributed by atoms with E-state index >= 15 is 0 Å². The highest BCUT2D eigenvalue weighted by atomic mass is 19.4. The van der Waals surface area contributed by atoms with Gasteiger partial charge in [-0.1, -0.05) is 0 Å². The molecule has 9 heteroatoms. The summed E-state index contributed by atoms with van der Waals surface area (Å²) in [6.07, 6.45) is -3.10. The molecule has 0 aliphatic carbocycles. The Morgan fingerprint density at radius 1 is 1.35 bits per heavy atom. The highest BCUT2D eigenvalue weighted by molar-refractivity contribution is 5.92. The van der Waals surface area contributed by atoms with Gasteiger partial charge in [0.05, 0.1) is 5.69 Å². The SMILES string of the molecule is CCn1ccc(C(=O)NC(c2c(C)nn(C)c2C)C(F)(F)F)n1. The Kier molecular flexibility index (Phi) is 4.49. The molecule has 1 unspecified atom stereocenters. The first-order valence-electron chi connectivity index (χ1n) is 7.06. The van der Waals surface area contributed by atoms with Crippen LogP contribution in [-0.2, 0) is 13.6 Å². The van der Waals surface area contributed by atoms with E-state index in [0.717, 1.165) is 0 Å². The van der Waals surface area contributed by atoms with E-state index in [9.17, 15) is 18.0 Å². The van der Waals surface area contributed by atoms with Crippen molar-refractivity contribution in [3.63, 3.8) is 0 Å². The molecule has 0 bridgehead atoms. The minimum Gasteiger partial charge on any atom is -0.335 e. The molecule has 126 valence electrons. The quantitative estimate of drug-likeness (QED) is 0.936. The van der Waals surface area contributed by atoms with Crippen LogP contribution < -0.4 is 5.32 Å². The molecule has 23 heavy (non-hydrogen) atoms. The average molecular weight is 329 g/mol. The highest BCUT2D eigenvalue weighted by Crippen LogP contribution is 2.35. The predicted octanol–water partition coefficient (Wildman–Crippen LogP) is 2.29. The summed E-state index contributed by atoms with van der Waals surface area (Å²) < 4.78 is 43.2. The molecule has 1 N–H and O–H groups in total. The second-order valence-electron chi connectivity index (χ2n) is 5.21. The van der Waals surface area contributed by atoms with Crippen LogP contribution >= 0.6 is 0 Å². The van der Waals surface area contributed by atoms with Crippen LogP contribution in [-0.4, -0.2) is 31.6 Å². The van der Waals surface area contributed by atoms with Crippen molar-refractivity contribution in [2.24, 2.45) is 7.05 Å². The maximum atomic E-state index is 13.4. The van der Waals surface area contributed by atoms with Gasteiger partial charge in [-0.25, -0.2) is 0 Å². The fourth-order valence-corrected chi connectivity index (χ4v) is 2.39. The molecule has 2 aromatic heterocycles. The summed E-state index contributed by atoms with van der Waals surface area (Å²) in [7, 11) is 1.56. The minimum atomic E-state index is -4.64. The number of hydrogen-bond acceptors (Lipinski definition) is 3. The summed E-state index contributed by atoms with van der Waals surface area (Å²) in [6.45, 7) is 5.36. The van der Waals surface area contributed by atoms with Crippen molar-refractivity contribution in [2.45, 2.75) is 39.5 Å².